The standard InChI is InChI=1S/C69H103N23O24/c1-32(2)23-44(84-66(109)49-13-10-22-90(49)53(97)24-36-25-54(98)116-51-27-38(115-7)15-16-39(36)51)61(104)80-34(5)57(100)82-43(18-19-52(70)96)59(102)79-35(6)58(101)89-55(33(3)4)67(110)85-45(28-78-40-17-14-37(91(111)112)26-50(40)92(113)114)62(105)83-42(12-9-21-77-69(74)75)60(103)86-47(30-94)64(107)88-48(31-95)65(108)87-46(29-93)63(106)81-41(56(71)99)11-8-20-76-68(72)73/h14-17,25-27,32-35,41-49,55,78,93-95H,8-13,18-24,28-31H2,1-7H3,(H2,70,96)(H2,71,99)(H,79,102)(H,80,104)(H,81,106)(H,82,100)(H,83,105)(H,84,109)(H,85,110)(H,86,103)(H,87,108)(H,88,107)(H,89,101)(H4,72,73,76)(H4,74,75,77)/t34-,35-,41-,42-,43-,44-,45-,46-,47-,48-,49-,55-/m0/s1. The van der Waals surface area contributed by atoms with Gasteiger partial charge in [-0.1, -0.05) is 27.7 Å². The number of hydrogen-bond acceptors (Lipinski definition) is 27. The van der Waals surface area contributed by atoms with E-state index in [4.69, 9.17) is 43.6 Å². The molecule has 0 saturated carbocycles. The van der Waals surface area contributed by atoms with Crippen molar-refractivity contribution < 1.29 is 101 Å². The summed E-state index contributed by atoms with van der Waals surface area (Å²) in [5.74, 6) is -16.2. The Labute approximate surface area is 662 Å². The number of nitrogens with two attached hydrogens (primary N) is 6. The molecule has 0 unspecified atom stereocenters. The van der Waals surface area contributed by atoms with Crippen LogP contribution in [-0.4, -0.2) is 250 Å². The van der Waals surface area contributed by atoms with Crippen molar-refractivity contribution in [1.82, 2.24) is 63.4 Å². The molecule has 1 aliphatic rings. The lowest BCUT2D eigenvalue weighted by Crippen LogP contribution is -2.62. The summed E-state index contributed by atoms with van der Waals surface area (Å²) in [4.78, 5) is 235. The Morgan fingerprint density at radius 1 is 0.569 bits per heavy atom. The summed E-state index contributed by atoms with van der Waals surface area (Å²) >= 11 is 0. The maximum atomic E-state index is 14.7. The van der Waals surface area contributed by atoms with Crippen LogP contribution in [0, 0.1) is 32.1 Å². The number of fused-ring (bicyclic) bond motifs is 1. The molecule has 1 aromatic heterocycles. The van der Waals surface area contributed by atoms with Crippen LogP contribution in [0.1, 0.15) is 105 Å². The van der Waals surface area contributed by atoms with Gasteiger partial charge in [0.15, 0.2) is 11.9 Å². The van der Waals surface area contributed by atoms with Crippen molar-refractivity contribution in [3.05, 3.63) is 78.7 Å². The molecule has 12 atom stereocenters. The number of aliphatic hydroxyl groups excluding tert-OH is 3. The summed E-state index contributed by atoms with van der Waals surface area (Å²) in [7, 11) is 1.43. The number of nitrogens with one attached hydrogen (secondary N) is 12. The van der Waals surface area contributed by atoms with Crippen molar-refractivity contribution in [2.24, 2.45) is 56.2 Å². The van der Waals surface area contributed by atoms with E-state index in [9.17, 15) is 107 Å². The number of carbonyl (C=O) groups is 14. The van der Waals surface area contributed by atoms with Crippen molar-refractivity contribution in [3.63, 3.8) is 0 Å². The van der Waals surface area contributed by atoms with Crippen molar-refractivity contribution in [2.45, 2.75) is 178 Å². The van der Waals surface area contributed by atoms with Gasteiger partial charge in [0.05, 0.1) is 49.3 Å². The number of nitro groups is 2. The molecule has 47 heteroatoms. The minimum Gasteiger partial charge on any atom is -0.497 e. The lowest BCUT2D eigenvalue weighted by molar-refractivity contribution is -0.393. The van der Waals surface area contributed by atoms with Crippen LogP contribution in [0.5, 0.6) is 5.75 Å². The van der Waals surface area contributed by atoms with Crippen LogP contribution < -0.4 is 109 Å². The number of hydrogen-bond donors (Lipinski definition) is 21. The number of carbonyl (C=O) groups excluding carboxylic acids is 14. The van der Waals surface area contributed by atoms with E-state index in [1.807, 2.05) is 0 Å². The molecule has 47 nitrogen and oxygen atoms in total. The van der Waals surface area contributed by atoms with E-state index in [0.29, 0.717) is 29.2 Å². The summed E-state index contributed by atoms with van der Waals surface area (Å²) in [5, 5.41) is 83.2. The maximum Gasteiger partial charge on any atom is 0.336 e. The van der Waals surface area contributed by atoms with Gasteiger partial charge in [0.2, 0.25) is 82.7 Å². The van der Waals surface area contributed by atoms with Crippen LogP contribution in [0.4, 0.5) is 17.1 Å². The van der Waals surface area contributed by atoms with Crippen LogP contribution >= 0.6 is 0 Å². The number of amides is 14. The number of nitro benzene ring substituents is 2. The van der Waals surface area contributed by atoms with E-state index in [2.05, 4.69) is 73.8 Å². The average Bonchev–Trinajstić information content (AvgIpc) is 1.28. The second kappa shape index (κ2) is 46.3. The number of non-ortho nitro benzene ring substituents is 1. The number of likely N-dealkylation sites (tertiary alicyclic amines) is 1. The lowest BCUT2D eigenvalue weighted by Gasteiger charge is -2.29. The van der Waals surface area contributed by atoms with E-state index in [-0.39, 0.29) is 75.6 Å². The van der Waals surface area contributed by atoms with Crippen molar-refractivity contribution in [3.8, 4) is 5.75 Å². The molecule has 638 valence electrons. The number of primary amides is 2. The Morgan fingerprint density at radius 3 is 1.55 bits per heavy atom. The highest BCUT2D eigenvalue weighted by molar-refractivity contribution is 6.00. The third kappa shape index (κ3) is 30.2. The highest BCUT2D eigenvalue weighted by atomic mass is 16.6. The first-order valence-electron chi connectivity index (χ1n) is 36.6. The van der Waals surface area contributed by atoms with Crippen LogP contribution in [-0.2, 0) is 73.5 Å². The Balaban J connectivity index is 1.54. The van der Waals surface area contributed by atoms with Gasteiger partial charge in [0.1, 0.15) is 89.5 Å². The summed E-state index contributed by atoms with van der Waals surface area (Å²) in [5.41, 5.74) is 30.1. The molecule has 1 saturated heterocycles. The van der Waals surface area contributed by atoms with E-state index < -0.39 is 245 Å². The molecule has 27 N–H and O–H groups in total. The first-order valence-corrected chi connectivity index (χ1v) is 36.6. The fourth-order valence-corrected chi connectivity index (χ4v) is 11.6. The molecule has 1 aliphatic heterocycles. The second-order valence-electron chi connectivity index (χ2n) is 27.6. The van der Waals surface area contributed by atoms with Gasteiger partial charge in [-0.2, -0.15) is 0 Å². The zero-order valence-electron chi connectivity index (χ0n) is 64.8. The molecule has 0 bridgehead atoms. The number of benzene rings is 2. The summed E-state index contributed by atoms with van der Waals surface area (Å²) in [6.07, 6.45) is -1.12. The molecule has 4 rings (SSSR count). The molecular formula is C69H103N23O24. The number of guanidine groups is 2. The third-order valence-electron chi connectivity index (χ3n) is 17.8. The van der Waals surface area contributed by atoms with Gasteiger partial charge in [0.25, 0.3) is 11.4 Å². The first-order chi connectivity index (χ1) is 54.6. The average molecular weight is 1640 g/mol. The van der Waals surface area contributed by atoms with Crippen LogP contribution in [0.2, 0.25) is 0 Å². The molecule has 3 aromatic rings. The number of nitrogens with zero attached hydrogens (tertiary/aromatic N) is 5. The smallest absolute Gasteiger partial charge is 0.336 e. The minimum absolute atomic E-state index is 0.0308. The maximum absolute atomic E-state index is 14.7. The van der Waals surface area contributed by atoms with Gasteiger partial charge in [0, 0.05) is 56.2 Å². The van der Waals surface area contributed by atoms with E-state index >= 15 is 0 Å². The van der Waals surface area contributed by atoms with Crippen LogP contribution in [0.15, 0.2) is 61.7 Å². The van der Waals surface area contributed by atoms with E-state index in [0.717, 1.165) is 19.1 Å². The normalized spacial score (nSPS) is 15.2. The van der Waals surface area contributed by atoms with Crippen molar-refractivity contribution in [2.75, 3.05) is 58.4 Å². The van der Waals surface area contributed by atoms with Crippen LogP contribution in [0.25, 0.3) is 11.0 Å². The molecule has 2 heterocycles. The monoisotopic (exact) mass is 1640 g/mol. The topological polar surface area (TPSA) is 754 Å². The molecule has 0 radical (unpaired) electrons. The molecule has 0 aliphatic carbocycles. The Hall–Kier alpha value is -12.9. The van der Waals surface area contributed by atoms with Gasteiger partial charge in [-0.05, 0) is 101 Å². The van der Waals surface area contributed by atoms with Gasteiger partial charge in [-0.25, -0.2) is 4.79 Å². The summed E-state index contributed by atoms with van der Waals surface area (Å²) in [6, 6.07) is -11.4. The van der Waals surface area contributed by atoms with Gasteiger partial charge in [-0.15, -0.1) is 0 Å². The number of anilines is 1. The molecule has 2 aromatic carbocycles. The number of ether oxygens (including phenoxy) is 1. The molecule has 116 heavy (non-hydrogen) atoms. The Bertz CT molecular complexity index is 4190. The predicted octanol–water partition coefficient (Wildman–Crippen LogP) is -7.83. The molecule has 1 fully saturated rings. The first kappa shape index (κ1) is 95.4. The number of aliphatic imine (C=N–C) groups is 2. The van der Waals surface area contributed by atoms with Crippen molar-refractivity contribution >= 4 is 123 Å². The van der Waals surface area contributed by atoms with E-state index in [1.54, 1.807) is 26.0 Å². The summed E-state index contributed by atoms with van der Waals surface area (Å²) < 4.78 is 10.6. The van der Waals surface area contributed by atoms with E-state index in [1.165, 1.54) is 44.9 Å². The molecule has 0 spiro atoms. The highest BCUT2D eigenvalue weighted by Gasteiger charge is 2.40. The Kier molecular flexibility index (Phi) is 38.1. The van der Waals surface area contributed by atoms with Gasteiger partial charge >= 0.3 is 5.63 Å². The molecule has 14 amide bonds. The number of rotatable bonds is 48. The van der Waals surface area contributed by atoms with Gasteiger partial charge < -0.3 is 128 Å². The number of aliphatic hydroxyl groups is 3. The highest BCUT2D eigenvalue weighted by Crippen LogP contribution is 2.30. The van der Waals surface area contributed by atoms with Crippen LogP contribution in [0.3, 0.4) is 0 Å². The third-order valence-corrected chi connectivity index (χ3v) is 17.8. The largest absolute Gasteiger partial charge is 0.497 e. The minimum atomic E-state index is -2.04. The zero-order chi connectivity index (χ0) is 87.0. The predicted molar refractivity (Wildman–Crippen MR) is 411 cm³/mol. The lowest BCUT2D eigenvalue weighted by atomic mass is 10.0. The SMILES string of the molecule is COc1ccc2c(CC(=O)N3CCC[C@H]3C(=O)N[C@@H](CC(C)C)C(=O)N[C@@H](C)C(=O)N[C@@H](CCC(N)=O)C(=O)N[C@@H](C)C(=O)N[C@H](C(=O)N[C@@H](CNc3ccc([N+](=O)[O-])cc3[N+](=O)[O-])C(=O)N[C@@H](CCCN=C(N)N)C(=O)N[C@@H](CO)C(=O)N[C@@H](CO)C(=O)N[C@@H](CO)C(=O)N[C@@H](CCCN=C(N)N)C(N)=O)C(C)C)cc(=O)oc2c1. The molecular weight excluding hydrogens is 1530 g/mol. The fraction of sp³-hybridized carbons (Fsp3) is 0.551. The van der Waals surface area contributed by atoms with Crippen molar-refractivity contribution in [1.29, 1.82) is 0 Å². The summed E-state index contributed by atoms with van der Waals surface area (Å²) in [6.45, 7) is 4.32. The zero-order valence-corrected chi connectivity index (χ0v) is 64.8. The second-order valence-corrected chi connectivity index (χ2v) is 27.6. The fourth-order valence-electron chi connectivity index (χ4n) is 11.6. The van der Waals surface area contributed by atoms with Gasteiger partial charge in [-0.3, -0.25) is 97.3 Å². The quantitative estimate of drug-likeness (QED) is 0.00623. The Morgan fingerprint density at radius 2 is 1.05 bits per heavy atom. The number of methoxy groups -OCH3 is 1.